The van der Waals surface area contributed by atoms with Gasteiger partial charge in [-0.2, -0.15) is 0 Å². The molecule has 7 unspecified atom stereocenters. The van der Waals surface area contributed by atoms with Gasteiger partial charge in [0.05, 0.1) is 12.2 Å². The summed E-state index contributed by atoms with van der Waals surface area (Å²) in [4.78, 5) is 0. The Morgan fingerprint density at radius 2 is 1.83 bits per heavy atom. The van der Waals surface area contributed by atoms with Crippen molar-refractivity contribution in [3.63, 3.8) is 0 Å². The Morgan fingerprint density at radius 3 is 2.55 bits per heavy atom. The van der Waals surface area contributed by atoms with Gasteiger partial charge in [-0.15, -0.1) is 0 Å². The highest BCUT2D eigenvalue weighted by Gasteiger charge is 2.45. The molecule has 0 bridgehead atoms. The Labute approximate surface area is 180 Å². The third-order valence-corrected chi connectivity index (χ3v) is 9.59. The lowest BCUT2D eigenvalue weighted by atomic mass is 9.57. The zero-order chi connectivity index (χ0) is 21.2. The van der Waals surface area contributed by atoms with E-state index in [1.165, 1.54) is 57.8 Å². The molecule has 0 aromatic carbocycles. The van der Waals surface area contributed by atoms with Crippen LogP contribution in [0.5, 0.6) is 0 Å². The SMILES string of the molecule is CC(C)C(O)CCC(C)C1CCCC1(C)CCC1CCC=C2CC(O)CCC21C. The van der Waals surface area contributed by atoms with Crippen LogP contribution >= 0.6 is 0 Å². The van der Waals surface area contributed by atoms with E-state index in [0.29, 0.717) is 16.7 Å². The lowest BCUT2D eigenvalue weighted by Gasteiger charge is -2.48. The van der Waals surface area contributed by atoms with E-state index in [1.807, 2.05) is 0 Å². The van der Waals surface area contributed by atoms with E-state index in [0.717, 1.165) is 37.0 Å². The molecule has 0 saturated heterocycles. The average Bonchev–Trinajstić information content (AvgIpc) is 3.06. The molecule has 2 nitrogen and oxygen atoms in total. The molecule has 168 valence electrons. The van der Waals surface area contributed by atoms with E-state index in [2.05, 4.69) is 40.7 Å². The van der Waals surface area contributed by atoms with E-state index in [1.54, 1.807) is 5.57 Å². The summed E-state index contributed by atoms with van der Waals surface area (Å²) in [6.45, 7) is 11.8. The molecular formula is C27H48O2. The van der Waals surface area contributed by atoms with Gasteiger partial charge in [-0.3, -0.25) is 0 Å². The summed E-state index contributed by atoms with van der Waals surface area (Å²) < 4.78 is 0. The van der Waals surface area contributed by atoms with Gasteiger partial charge in [0, 0.05) is 0 Å². The Kier molecular flexibility index (Phi) is 7.58. The highest BCUT2D eigenvalue weighted by atomic mass is 16.3. The normalized spacial score (nSPS) is 39.9. The van der Waals surface area contributed by atoms with Gasteiger partial charge in [-0.1, -0.05) is 52.7 Å². The number of allylic oxidation sites excluding steroid dienone is 1. The van der Waals surface area contributed by atoms with Crippen molar-refractivity contribution >= 4 is 0 Å². The largest absolute Gasteiger partial charge is 0.393 e. The van der Waals surface area contributed by atoms with E-state index in [-0.39, 0.29) is 12.2 Å². The van der Waals surface area contributed by atoms with Crippen molar-refractivity contribution in [3.05, 3.63) is 11.6 Å². The van der Waals surface area contributed by atoms with E-state index in [4.69, 9.17) is 0 Å². The molecule has 3 aliphatic carbocycles. The molecule has 2 heteroatoms. The molecule has 0 radical (unpaired) electrons. The lowest BCUT2D eigenvalue weighted by molar-refractivity contribution is 0.0554. The Hall–Kier alpha value is -0.340. The first kappa shape index (κ1) is 23.3. The predicted octanol–water partition coefficient (Wildman–Crippen LogP) is 6.89. The number of aliphatic hydroxyl groups excluding tert-OH is 2. The molecule has 29 heavy (non-hydrogen) atoms. The first-order chi connectivity index (χ1) is 13.7. The summed E-state index contributed by atoms with van der Waals surface area (Å²) in [5.74, 6) is 2.71. The molecule has 2 fully saturated rings. The number of hydrogen-bond donors (Lipinski definition) is 2. The third kappa shape index (κ3) is 5.12. The van der Waals surface area contributed by atoms with E-state index in [9.17, 15) is 10.2 Å². The molecule has 2 N–H and O–H groups in total. The van der Waals surface area contributed by atoms with Crippen molar-refractivity contribution in [2.24, 2.45) is 34.5 Å². The smallest absolute Gasteiger partial charge is 0.0577 e. The molecule has 3 aliphatic rings. The van der Waals surface area contributed by atoms with Crippen LogP contribution in [0.3, 0.4) is 0 Å². The zero-order valence-electron chi connectivity index (χ0n) is 19.9. The van der Waals surface area contributed by atoms with Crippen molar-refractivity contribution in [2.75, 3.05) is 0 Å². The van der Waals surface area contributed by atoms with Gasteiger partial charge >= 0.3 is 0 Å². The third-order valence-electron chi connectivity index (χ3n) is 9.59. The Morgan fingerprint density at radius 1 is 1.07 bits per heavy atom. The second-order valence-electron chi connectivity index (χ2n) is 11.9. The van der Waals surface area contributed by atoms with Crippen LogP contribution in [-0.2, 0) is 0 Å². The second kappa shape index (κ2) is 9.43. The van der Waals surface area contributed by atoms with Crippen molar-refractivity contribution in [2.45, 2.75) is 124 Å². The van der Waals surface area contributed by atoms with Crippen molar-refractivity contribution in [1.29, 1.82) is 0 Å². The van der Waals surface area contributed by atoms with Gasteiger partial charge in [0.2, 0.25) is 0 Å². The first-order valence-electron chi connectivity index (χ1n) is 12.7. The molecule has 0 aromatic heterocycles. The van der Waals surface area contributed by atoms with Crippen LogP contribution in [0.2, 0.25) is 0 Å². The van der Waals surface area contributed by atoms with Gasteiger partial charge < -0.3 is 10.2 Å². The fourth-order valence-electron chi connectivity index (χ4n) is 7.25. The summed E-state index contributed by atoms with van der Waals surface area (Å²) >= 11 is 0. The summed E-state index contributed by atoms with van der Waals surface area (Å²) in [6, 6.07) is 0. The van der Waals surface area contributed by atoms with Crippen LogP contribution in [0.1, 0.15) is 112 Å². The van der Waals surface area contributed by atoms with Crippen molar-refractivity contribution < 1.29 is 10.2 Å². The number of hydrogen-bond acceptors (Lipinski definition) is 2. The van der Waals surface area contributed by atoms with Crippen molar-refractivity contribution in [3.8, 4) is 0 Å². The molecule has 0 aromatic rings. The molecule has 0 heterocycles. The molecule has 7 atom stereocenters. The van der Waals surface area contributed by atoms with E-state index >= 15 is 0 Å². The Balaban J connectivity index is 1.59. The first-order valence-corrected chi connectivity index (χ1v) is 12.7. The van der Waals surface area contributed by atoms with Gasteiger partial charge in [0.1, 0.15) is 0 Å². The summed E-state index contributed by atoms with van der Waals surface area (Å²) in [5, 5.41) is 20.4. The van der Waals surface area contributed by atoms with Crippen LogP contribution in [0.4, 0.5) is 0 Å². The minimum absolute atomic E-state index is 0.105. The Bertz CT molecular complexity index is 567. The summed E-state index contributed by atoms with van der Waals surface area (Å²) in [6.07, 6.45) is 16.9. The standard InChI is InChI=1S/C27H48O2/c1-19(2)25(29)12-11-20(3)24-10-7-15-26(24,4)16-13-21-8-6-9-22-18-23(28)14-17-27(21,22)5/h9,19-21,23-25,28-29H,6-8,10-18H2,1-5H3. The molecular weight excluding hydrogens is 356 g/mol. The minimum Gasteiger partial charge on any atom is -0.393 e. The van der Waals surface area contributed by atoms with Crippen LogP contribution < -0.4 is 0 Å². The summed E-state index contributed by atoms with van der Waals surface area (Å²) in [5.41, 5.74) is 2.39. The van der Waals surface area contributed by atoms with E-state index < -0.39 is 0 Å². The predicted molar refractivity (Wildman–Crippen MR) is 123 cm³/mol. The highest BCUT2D eigenvalue weighted by Crippen LogP contribution is 2.56. The molecule has 3 rings (SSSR count). The molecule has 0 aliphatic heterocycles. The van der Waals surface area contributed by atoms with Crippen LogP contribution in [0.25, 0.3) is 0 Å². The van der Waals surface area contributed by atoms with Crippen LogP contribution in [0.15, 0.2) is 11.6 Å². The zero-order valence-corrected chi connectivity index (χ0v) is 19.9. The highest BCUT2D eigenvalue weighted by molar-refractivity contribution is 5.22. The fraction of sp³-hybridized carbons (Fsp3) is 0.926. The second-order valence-corrected chi connectivity index (χ2v) is 11.9. The number of aliphatic hydroxyl groups is 2. The molecule has 0 amide bonds. The van der Waals surface area contributed by atoms with Crippen LogP contribution in [-0.4, -0.2) is 22.4 Å². The van der Waals surface area contributed by atoms with Gasteiger partial charge in [-0.25, -0.2) is 0 Å². The van der Waals surface area contributed by atoms with Gasteiger partial charge in [0.25, 0.3) is 0 Å². The maximum absolute atomic E-state index is 10.3. The fourth-order valence-corrected chi connectivity index (χ4v) is 7.25. The minimum atomic E-state index is -0.140. The molecule has 0 spiro atoms. The maximum atomic E-state index is 10.3. The monoisotopic (exact) mass is 404 g/mol. The van der Waals surface area contributed by atoms with Gasteiger partial charge in [-0.05, 0) is 105 Å². The number of fused-ring (bicyclic) bond motifs is 1. The van der Waals surface area contributed by atoms with Crippen molar-refractivity contribution in [1.82, 2.24) is 0 Å². The lowest BCUT2D eigenvalue weighted by Crippen LogP contribution is -2.39. The van der Waals surface area contributed by atoms with Gasteiger partial charge in [0.15, 0.2) is 0 Å². The quantitative estimate of drug-likeness (QED) is 0.432. The van der Waals surface area contributed by atoms with Crippen LogP contribution in [0, 0.1) is 34.5 Å². The topological polar surface area (TPSA) is 40.5 Å². The maximum Gasteiger partial charge on any atom is 0.0577 e. The number of rotatable bonds is 8. The molecule has 2 saturated carbocycles. The average molecular weight is 405 g/mol. The summed E-state index contributed by atoms with van der Waals surface area (Å²) in [7, 11) is 0.